The molecule has 0 unspecified atom stereocenters. The number of piperidine rings is 1. The topological polar surface area (TPSA) is 56.8 Å². The van der Waals surface area contributed by atoms with Gasteiger partial charge in [0.25, 0.3) is 0 Å². The second-order valence-corrected chi connectivity index (χ2v) is 4.30. The Balaban J connectivity index is 2.49. The Labute approximate surface area is 103 Å². The van der Waals surface area contributed by atoms with E-state index in [9.17, 15) is 4.79 Å². The van der Waals surface area contributed by atoms with Crippen LogP contribution < -0.4 is 5.32 Å². The highest BCUT2D eigenvalue weighted by atomic mass is 16.5. The molecule has 1 heterocycles. The molecule has 1 saturated heterocycles. The lowest BCUT2D eigenvalue weighted by molar-refractivity contribution is -0.162. The third kappa shape index (κ3) is 4.26. The molecule has 0 saturated carbocycles. The number of hydrogen-bond donors (Lipinski definition) is 1. The maximum Gasteiger partial charge on any atom is 0.314 e. The van der Waals surface area contributed by atoms with Crippen molar-refractivity contribution in [2.75, 3.05) is 46.6 Å². The fourth-order valence-electron chi connectivity index (χ4n) is 2.01. The van der Waals surface area contributed by atoms with Crippen LogP contribution in [-0.2, 0) is 19.0 Å². The number of rotatable bonds is 7. The Hall–Kier alpha value is -0.650. The molecule has 0 aromatic carbocycles. The molecule has 1 fully saturated rings. The fraction of sp³-hybridized carbons (Fsp3) is 0.917. The highest BCUT2D eigenvalue weighted by Gasteiger charge is 2.41. The van der Waals surface area contributed by atoms with E-state index in [1.165, 1.54) is 0 Å². The van der Waals surface area contributed by atoms with Crippen LogP contribution in [0.2, 0.25) is 0 Å². The lowest BCUT2D eigenvalue weighted by atomic mass is 9.79. The van der Waals surface area contributed by atoms with Gasteiger partial charge < -0.3 is 19.5 Å². The van der Waals surface area contributed by atoms with Gasteiger partial charge in [0.2, 0.25) is 0 Å². The normalized spacial score (nSPS) is 18.9. The van der Waals surface area contributed by atoms with E-state index < -0.39 is 5.41 Å². The van der Waals surface area contributed by atoms with Gasteiger partial charge in [0.15, 0.2) is 0 Å². The largest absolute Gasteiger partial charge is 0.465 e. The number of hydrogen-bond acceptors (Lipinski definition) is 5. The van der Waals surface area contributed by atoms with E-state index in [1.54, 1.807) is 7.11 Å². The van der Waals surface area contributed by atoms with Crippen LogP contribution in [0.1, 0.15) is 19.8 Å². The van der Waals surface area contributed by atoms with Crippen molar-refractivity contribution in [3.63, 3.8) is 0 Å². The predicted octanol–water partition coefficient (Wildman–Crippen LogP) is 0.582. The maximum atomic E-state index is 12.0. The summed E-state index contributed by atoms with van der Waals surface area (Å²) in [6, 6.07) is 0. The van der Waals surface area contributed by atoms with Crippen molar-refractivity contribution in [3.8, 4) is 0 Å². The van der Waals surface area contributed by atoms with Gasteiger partial charge in [-0.05, 0) is 32.9 Å². The Morgan fingerprint density at radius 2 is 2.00 bits per heavy atom. The number of esters is 1. The van der Waals surface area contributed by atoms with Gasteiger partial charge in [-0.15, -0.1) is 0 Å². The number of carbonyl (C=O) groups excluding carboxylic acids is 1. The molecule has 0 aliphatic carbocycles. The van der Waals surface area contributed by atoms with Gasteiger partial charge in [0, 0.05) is 7.11 Å². The summed E-state index contributed by atoms with van der Waals surface area (Å²) in [5.74, 6) is -0.126. The minimum absolute atomic E-state index is 0.126. The summed E-state index contributed by atoms with van der Waals surface area (Å²) in [7, 11) is 1.63. The van der Waals surface area contributed by atoms with Gasteiger partial charge in [0.1, 0.15) is 0 Å². The predicted molar refractivity (Wildman–Crippen MR) is 63.9 cm³/mol. The summed E-state index contributed by atoms with van der Waals surface area (Å²) in [4.78, 5) is 12.0. The van der Waals surface area contributed by atoms with Crippen molar-refractivity contribution in [2.24, 2.45) is 5.41 Å². The van der Waals surface area contributed by atoms with E-state index in [0.29, 0.717) is 26.4 Å². The van der Waals surface area contributed by atoms with E-state index in [2.05, 4.69) is 5.32 Å². The van der Waals surface area contributed by atoms with E-state index >= 15 is 0 Å². The van der Waals surface area contributed by atoms with Gasteiger partial charge in [-0.2, -0.15) is 0 Å². The minimum atomic E-state index is -0.463. The van der Waals surface area contributed by atoms with E-state index in [0.717, 1.165) is 25.9 Å². The SMILES string of the molecule is CCOC(=O)C1(COCCOC)CCNCC1. The summed E-state index contributed by atoms with van der Waals surface area (Å²) < 4.78 is 15.6. The summed E-state index contributed by atoms with van der Waals surface area (Å²) in [6.45, 7) is 5.43. The number of ether oxygens (including phenoxy) is 3. The third-order valence-corrected chi connectivity index (χ3v) is 3.08. The Morgan fingerprint density at radius 3 is 2.59 bits per heavy atom. The van der Waals surface area contributed by atoms with Crippen molar-refractivity contribution in [3.05, 3.63) is 0 Å². The van der Waals surface area contributed by atoms with Crippen LogP contribution in [0.5, 0.6) is 0 Å². The third-order valence-electron chi connectivity index (χ3n) is 3.08. The molecule has 1 N–H and O–H groups in total. The average Bonchev–Trinajstić information content (AvgIpc) is 2.36. The quantitative estimate of drug-likeness (QED) is 0.525. The van der Waals surface area contributed by atoms with E-state index in [1.807, 2.05) is 6.92 Å². The molecule has 1 aliphatic heterocycles. The molecule has 1 rings (SSSR count). The Kier molecular flexibility index (Phi) is 6.47. The first-order valence-electron chi connectivity index (χ1n) is 6.20. The van der Waals surface area contributed by atoms with Crippen molar-refractivity contribution < 1.29 is 19.0 Å². The zero-order valence-corrected chi connectivity index (χ0v) is 10.8. The standard InChI is InChI=1S/C12H23NO4/c1-3-17-11(14)12(4-6-13-7-5-12)10-16-9-8-15-2/h13H,3-10H2,1-2H3. The van der Waals surface area contributed by atoms with Gasteiger partial charge in [-0.25, -0.2) is 0 Å². The highest BCUT2D eigenvalue weighted by molar-refractivity contribution is 5.77. The monoisotopic (exact) mass is 245 g/mol. The maximum absolute atomic E-state index is 12.0. The molecular formula is C12H23NO4. The van der Waals surface area contributed by atoms with Crippen LogP contribution in [-0.4, -0.2) is 52.6 Å². The molecule has 0 radical (unpaired) electrons. The molecular weight excluding hydrogens is 222 g/mol. The first kappa shape index (κ1) is 14.4. The second kappa shape index (κ2) is 7.63. The van der Waals surface area contributed by atoms with Crippen LogP contribution in [0.4, 0.5) is 0 Å². The van der Waals surface area contributed by atoms with E-state index in [4.69, 9.17) is 14.2 Å². The first-order chi connectivity index (χ1) is 8.25. The van der Waals surface area contributed by atoms with E-state index in [-0.39, 0.29) is 5.97 Å². The molecule has 5 heteroatoms. The molecule has 0 amide bonds. The van der Waals surface area contributed by atoms with Crippen molar-refractivity contribution in [1.82, 2.24) is 5.32 Å². The summed E-state index contributed by atoms with van der Waals surface area (Å²) in [5.41, 5.74) is -0.463. The van der Waals surface area contributed by atoms with Crippen LogP contribution in [0.15, 0.2) is 0 Å². The molecule has 0 atom stereocenters. The number of methoxy groups -OCH3 is 1. The average molecular weight is 245 g/mol. The molecule has 1 aliphatic rings. The number of carbonyl (C=O) groups is 1. The summed E-state index contributed by atoms with van der Waals surface area (Å²) >= 11 is 0. The van der Waals surface area contributed by atoms with Crippen molar-refractivity contribution in [2.45, 2.75) is 19.8 Å². The van der Waals surface area contributed by atoms with Gasteiger partial charge in [0.05, 0.1) is 31.8 Å². The number of nitrogens with one attached hydrogen (secondary N) is 1. The molecule has 5 nitrogen and oxygen atoms in total. The lowest BCUT2D eigenvalue weighted by Gasteiger charge is -2.34. The molecule has 100 valence electrons. The van der Waals surface area contributed by atoms with Gasteiger partial charge >= 0.3 is 5.97 Å². The zero-order chi connectivity index (χ0) is 12.6. The zero-order valence-electron chi connectivity index (χ0n) is 10.8. The lowest BCUT2D eigenvalue weighted by Crippen LogP contribution is -2.46. The molecule has 17 heavy (non-hydrogen) atoms. The fourth-order valence-corrected chi connectivity index (χ4v) is 2.01. The minimum Gasteiger partial charge on any atom is -0.465 e. The Morgan fingerprint density at radius 1 is 1.29 bits per heavy atom. The summed E-state index contributed by atoms with van der Waals surface area (Å²) in [6.07, 6.45) is 1.55. The Bertz CT molecular complexity index is 227. The molecule has 0 aromatic rings. The molecule has 0 aromatic heterocycles. The molecule has 0 bridgehead atoms. The van der Waals surface area contributed by atoms with Gasteiger partial charge in [-0.1, -0.05) is 0 Å². The summed E-state index contributed by atoms with van der Waals surface area (Å²) in [5, 5.41) is 3.25. The van der Waals surface area contributed by atoms with Crippen LogP contribution in [0.25, 0.3) is 0 Å². The smallest absolute Gasteiger partial charge is 0.314 e. The van der Waals surface area contributed by atoms with Crippen molar-refractivity contribution >= 4 is 5.97 Å². The molecule has 0 spiro atoms. The highest BCUT2D eigenvalue weighted by Crippen LogP contribution is 2.30. The second-order valence-electron chi connectivity index (χ2n) is 4.30. The van der Waals surface area contributed by atoms with Crippen LogP contribution >= 0.6 is 0 Å². The van der Waals surface area contributed by atoms with Crippen LogP contribution in [0.3, 0.4) is 0 Å². The first-order valence-corrected chi connectivity index (χ1v) is 6.20. The van der Waals surface area contributed by atoms with Crippen molar-refractivity contribution in [1.29, 1.82) is 0 Å². The van der Waals surface area contributed by atoms with Crippen LogP contribution in [0, 0.1) is 5.41 Å². The van der Waals surface area contributed by atoms with Gasteiger partial charge in [-0.3, -0.25) is 4.79 Å².